The van der Waals surface area contributed by atoms with Crippen molar-refractivity contribution in [2.24, 2.45) is 0 Å². The molecule has 0 bridgehead atoms. The van der Waals surface area contributed by atoms with Gasteiger partial charge < -0.3 is 14.4 Å². The standard InChI is InChI=1S/C15H24N2O6.C12H10/c1-10-9-16(8-6-7-11(18)22-5)12(19)13(20)17(10)14(21)23-15(2,3)4;1-3-7-11(8-4-1)12-9-5-2-6-10-12/h10H,6-9H2,1-5H3;1-10H. The molecule has 1 unspecified atom stereocenters. The van der Waals surface area contributed by atoms with Gasteiger partial charge in [0, 0.05) is 19.5 Å². The fourth-order valence-electron chi connectivity index (χ4n) is 3.47. The summed E-state index contributed by atoms with van der Waals surface area (Å²) < 4.78 is 9.69. The second-order valence-corrected chi connectivity index (χ2v) is 9.17. The molecule has 0 saturated carbocycles. The van der Waals surface area contributed by atoms with Gasteiger partial charge in [-0.25, -0.2) is 9.69 Å². The van der Waals surface area contributed by atoms with E-state index in [1.54, 1.807) is 27.7 Å². The first-order valence-electron chi connectivity index (χ1n) is 11.6. The van der Waals surface area contributed by atoms with Crippen molar-refractivity contribution in [3.05, 3.63) is 60.7 Å². The molecule has 1 aliphatic rings. The molecule has 35 heavy (non-hydrogen) atoms. The van der Waals surface area contributed by atoms with Crippen molar-refractivity contribution in [3.8, 4) is 11.1 Å². The Morgan fingerprint density at radius 2 is 1.43 bits per heavy atom. The van der Waals surface area contributed by atoms with Gasteiger partial charge in [-0.2, -0.15) is 0 Å². The number of amides is 3. The largest absolute Gasteiger partial charge is 0.469 e. The monoisotopic (exact) mass is 482 g/mol. The number of ether oxygens (including phenoxy) is 2. The normalized spacial score (nSPS) is 15.7. The number of carbonyl (C=O) groups is 4. The average molecular weight is 483 g/mol. The quantitative estimate of drug-likeness (QED) is 0.466. The summed E-state index contributed by atoms with van der Waals surface area (Å²) >= 11 is 0. The van der Waals surface area contributed by atoms with Crippen molar-refractivity contribution in [2.75, 3.05) is 20.2 Å². The molecule has 1 saturated heterocycles. The first-order valence-corrected chi connectivity index (χ1v) is 11.6. The van der Waals surface area contributed by atoms with E-state index in [1.807, 2.05) is 12.1 Å². The Labute approximate surface area is 206 Å². The zero-order chi connectivity index (χ0) is 26.0. The lowest BCUT2D eigenvalue weighted by Gasteiger charge is -2.38. The molecular weight excluding hydrogens is 448 g/mol. The maximum absolute atomic E-state index is 12.2. The predicted molar refractivity (Wildman–Crippen MR) is 132 cm³/mol. The van der Waals surface area contributed by atoms with Gasteiger partial charge in [0.2, 0.25) is 0 Å². The van der Waals surface area contributed by atoms with Crippen LogP contribution >= 0.6 is 0 Å². The van der Waals surface area contributed by atoms with Crippen LogP contribution in [0.1, 0.15) is 40.5 Å². The van der Waals surface area contributed by atoms with Crippen molar-refractivity contribution in [1.29, 1.82) is 0 Å². The Hall–Kier alpha value is -3.68. The molecule has 0 aromatic heterocycles. The van der Waals surface area contributed by atoms with E-state index in [9.17, 15) is 19.2 Å². The van der Waals surface area contributed by atoms with Gasteiger partial charge in [-0.3, -0.25) is 14.4 Å². The molecule has 1 heterocycles. The van der Waals surface area contributed by atoms with Crippen LogP contribution < -0.4 is 0 Å². The molecule has 8 nitrogen and oxygen atoms in total. The van der Waals surface area contributed by atoms with Crippen LogP contribution in [0.2, 0.25) is 0 Å². The van der Waals surface area contributed by atoms with E-state index in [0.29, 0.717) is 6.42 Å². The maximum atomic E-state index is 12.2. The van der Waals surface area contributed by atoms with Crippen LogP contribution in [-0.2, 0) is 23.9 Å². The Kier molecular flexibility index (Phi) is 9.99. The minimum absolute atomic E-state index is 0.165. The number of rotatable bonds is 5. The Morgan fingerprint density at radius 1 is 0.914 bits per heavy atom. The number of hydrogen-bond acceptors (Lipinski definition) is 6. The van der Waals surface area contributed by atoms with Gasteiger partial charge in [-0.05, 0) is 45.2 Å². The van der Waals surface area contributed by atoms with E-state index in [1.165, 1.54) is 23.1 Å². The van der Waals surface area contributed by atoms with Gasteiger partial charge in [-0.15, -0.1) is 0 Å². The third kappa shape index (κ3) is 8.55. The summed E-state index contributed by atoms with van der Waals surface area (Å²) in [6, 6.07) is 20.3. The predicted octanol–water partition coefficient (Wildman–Crippen LogP) is 4.29. The SMILES string of the molecule is COC(=O)CCCN1CC(C)N(C(=O)OC(C)(C)C)C(=O)C1=O.c1ccc(-c2ccccc2)cc1. The van der Waals surface area contributed by atoms with Crippen molar-refractivity contribution in [3.63, 3.8) is 0 Å². The Bertz CT molecular complexity index is 964. The van der Waals surface area contributed by atoms with Gasteiger partial charge >= 0.3 is 23.9 Å². The highest BCUT2D eigenvalue weighted by Gasteiger charge is 2.42. The Balaban J connectivity index is 0.000000298. The molecule has 0 spiro atoms. The van der Waals surface area contributed by atoms with Crippen LogP contribution in [0.15, 0.2) is 60.7 Å². The molecule has 8 heteroatoms. The van der Waals surface area contributed by atoms with E-state index < -0.39 is 29.6 Å². The van der Waals surface area contributed by atoms with Gasteiger partial charge in [0.15, 0.2) is 0 Å². The lowest BCUT2D eigenvalue weighted by atomic mass is 10.1. The van der Waals surface area contributed by atoms with Crippen LogP contribution in [0.25, 0.3) is 11.1 Å². The fourth-order valence-corrected chi connectivity index (χ4v) is 3.47. The molecule has 0 aliphatic carbocycles. The summed E-state index contributed by atoms with van der Waals surface area (Å²) in [4.78, 5) is 49.6. The summed E-state index contributed by atoms with van der Waals surface area (Å²) in [5.74, 6) is -2.04. The number of nitrogens with zero attached hydrogens (tertiary/aromatic N) is 2. The molecule has 2 aromatic rings. The van der Waals surface area contributed by atoms with Crippen molar-refractivity contribution >= 4 is 23.9 Å². The van der Waals surface area contributed by atoms with E-state index in [4.69, 9.17) is 4.74 Å². The smallest absolute Gasteiger partial charge is 0.417 e. The average Bonchev–Trinajstić information content (AvgIpc) is 2.82. The summed E-state index contributed by atoms with van der Waals surface area (Å²) in [5, 5.41) is 0. The van der Waals surface area contributed by atoms with E-state index in [0.717, 1.165) is 4.90 Å². The maximum Gasteiger partial charge on any atom is 0.417 e. The third-order valence-corrected chi connectivity index (χ3v) is 5.12. The minimum atomic E-state index is -0.906. The number of hydrogen-bond donors (Lipinski definition) is 0. The number of benzene rings is 2. The van der Waals surface area contributed by atoms with Crippen LogP contribution in [0, 0.1) is 0 Å². The number of methoxy groups -OCH3 is 1. The molecule has 1 fully saturated rings. The van der Waals surface area contributed by atoms with Gasteiger partial charge in [0.1, 0.15) is 5.60 Å². The molecule has 3 rings (SSSR count). The van der Waals surface area contributed by atoms with Crippen LogP contribution in [-0.4, -0.2) is 65.5 Å². The van der Waals surface area contributed by atoms with E-state index >= 15 is 0 Å². The molecule has 0 N–H and O–H groups in total. The van der Waals surface area contributed by atoms with Crippen molar-refractivity contribution < 1.29 is 28.7 Å². The second-order valence-electron chi connectivity index (χ2n) is 9.17. The number of carbonyl (C=O) groups excluding carboxylic acids is 4. The highest BCUT2D eigenvalue weighted by atomic mass is 16.6. The van der Waals surface area contributed by atoms with Gasteiger partial charge in [-0.1, -0.05) is 60.7 Å². The molecule has 0 radical (unpaired) electrons. The zero-order valence-corrected chi connectivity index (χ0v) is 21.0. The molecular formula is C27H34N2O6. The van der Waals surface area contributed by atoms with Gasteiger partial charge in [0.05, 0.1) is 13.2 Å². The lowest BCUT2D eigenvalue weighted by molar-refractivity contribution is -0.157. The molecule has 188 valence electrons. The first kappa shape index (κ1) is 27.6. The summed E-state index contributed by atoms with van der Waals surface area (Å²) in [6.07, 6.45) is -0.263. The summed E-state index contributed by atoms with van der Waals surface area (Å²) in [7, 11) is 1.29. The summed E-state index contributed by atoms with van der Waals surface area (Å²) in [6.45, 7) is 7.19. The lowest BCUT2D eigenvalue weighted by Crippen LogP contribution is -2.61. The number of imide groups is 1. The highest BCUT2D eigenvalue weighted by Crippen LogP contribution is 2.18. The molecule has 2 aromatic carbocycles. The highest BCUT2D eigenvalue weighted by molar-refractivity contribution is 6.38. The van der Waals surface area contributed by atoms with E-state index in [2.05, 4.69) is 53.3 Å². The number of esters is 1. The first-order chi connectivity index (χ1) is 16.5. The van der Waals surface area contributed by atoms with Crippen LogP contribution in [0.4, 0.5) is 4.79 Å². The molecule has 1 aliphatic heterocycles. The summed E-state index contributed by atoms with van der Waals surface area (Å²) in [5.41, 5.74) is 1.80. The molecule has 3 amide bonds. The number of piperazine rings is 1. The van der Waals surface area contributed by atoms with Crippen molar-refractivity contribution in [1.82, 2.24) is 9.80 Å². The van der Waals surface area contributed by atoms with Crippen LogP contribution in [0.5, 0.6) is 0 Å². The second kappa shape index (κ2) is 12.7. The zero-order valence-electron chi connectivity index (χ0n) is 21.0. The van der Waals surface area contributed by atoms with Crippen LogP contribution in [0.3, 0.4) is 0 Å². The topological polar surface area (TPSA) is 93.2 Å². The fraction of sp³-hybridized carbons (Fsp3) is 0.407. The van der Waals surface area contributed by atoms with E-state index in [-0.39, 0.29) is 25.5 Å². The Morgan fingerprint density at radius 3 is 1.89 bits per heavy atom. The van der Waals surface area contributed by atoms with Crippen molar-refractivity contribution in [2.45, 2.75) is 52.2 Å². The third-order valence-electron chi connectivity index (χ3n) is 5.12. The molecule has 1 atom stereocenters. The minimum Gasteiger partial charge on any atom is -0.469 e. The van der Waals surface area contributed by atoms with Gasteiger partial charge in [0.25, 0.3) is 0 Å².